The SMILES string of the molecule is C.NC(=O)/C=C/c1cccnc1. The Hall–Kier alpha value is -1.64. The van der Waals surface area contributed by atoms with Crippen LogP contribution in [0.15, 0.2) is 30.6 Å². The molecule has 3 nitrogen and oxygen atoms in total. The van der Waals surface area contributed by atoms with E-state index in [9.17, 15) is 4.79 Å². The van der Waals surface area contributed by atoms with Gasteiger partial charge < -0.3 is 5.73 Å². The minimum atomic E-state index is -0.450. The van der Waals surface area contributed by atoms with Gasteiger partial charge in [0, 0.05) is 18.5 Å². The average molecular weight is 164 g/mol. The van der Waals surface area contributed by atoms with Crippen LogP contribution in [0.25, 0.3) is 6.08 Å². The molecule has 0 atom stereocenters. The van der Waals surface area contributed by atoms with Gasteiger partial charge in [-0.05, 0) is 17.7 Å². The lowest BCUT2D eigenvalue weighted by Gasteiger charge is -1.87. The van der Waals surface area contributed by atoms with Crippen molar-refractivity contribution >= 4 is 12.0 Å². The predicted octanol–water partition coefficient (Wildman–Crippen LogP) is 1.22. The molecule has 1 rings (SSSR count). The topological polar surface area (TPSA) is 56.0 Å². The molecular weight excluding hydrogens is 152 g/mol. The first-order valence-electron chi connectivity index (χ1n) is 3.16. The van der Waals surface area contributed by atoms with Crippen molar-refractivity contribution in [1.29, 1.82) is 0 Å². The Balaban J connectivity index is 0.00000121. The molecule has 0 unspecified atom stereocenters. The molecule has 1 aromatic heterocycles. The molecule has 0 fully saturated rings. The number of carbonyl (C=O) groups excluding carboxylic acids is 1. The molecule has 0 radical (unpaired) electrons. The van der Waals surface area contributed by atoms with Crippen LogP contribution in [0.4, 0.5) is 0 Å². The van der Waals surface area contributed by atoms with Gasteiger partial charge in [-0.1, -0.05) is 13.5 Å². The summed E-state index contributed by atoms with van der Waals surface area (Å²) in [5.74, 6) is -0.450. The van der Waals surface area contributed by atoms with Gasteiger partial charge in [-0.2, -0.15) is 0 Å². The molecule has 1 amide bonds. The van der Waals surface area contributed by atoms with Gasteiger partial charge in [-0.15, -0.1) is 0 Å². The van der Waals surface area contributed by atoms with Crippen molar-refractivity contribution in [3.05, 3.63) is 36.2 Å². The lowest BCUT2D eigenvalue weighted by atomic mass is 10.2. The Kier molecular flexibility index (Phi) is 4.38. The molecule has 0 spiro atoms. The van der Waals surface area contributed by atoms with Crippen molar-refractivity contribution in [1.82, 2.24) is 4.98 Å². The second-order valence-corrected chi connectivity index (χ2v) is 2.02. The van der Waals surface area contributed by atoms with Crippen LogP contribution in [0.1, 0.15) is 13.0 Å². The van der Waals surface area contributed by atoms with Gasteiger partial charge in [0.2, 0.25) is 5.91 Å². The number of rotatable bonds is 2. The molecule has 64 valence electrons. The molecule has 12 heavy (non-hydrogen) atoms. The summed E-state index contributed by atoms with van der Waals surface area (Å²) >= 11 is 0. The third-order valence-corrected chi connectivity index (χ3v) is 1.12. The maximum absolute atomic E-state index is 10.3. The van der Waals surface area contributed by atoms with E-state index in [1.165, 1.54) is 6.08 Å². The maximum Gasteiger partial charge on any atom is 0.241 e. The highest BCUT2D eigenvalue weighted by Gasteiger charge is 1.84. The van der Waals surface area contributed by atoms with Crippen LogP contribution in [0.2, 0.25) is 0 Å². The molecule has 0 saturated heterocycles. The molecular formula is C9H12N2O. The molecule has 3 heteroatoms. The smallest absolute Gasteiger partial charge is 0.241 e. The Bertz CT molecular complexity index is 267. The fourth-order valence-corrected chi connectivity index (χ4v) is 0.653. The quantitative estimate of drug-likeness (QED) is 0.668. The summed E-state index contributed by atoms with van der Waals surface area (Å²) in [4.78, 5) is 14.1. The second kappa shape index (κ2) is 5.07. The van der Waals surface area contributed by atoms with E-state index in [1.807, 2.05) is 6.07 Å². The number of carbonyl (C=O) groups is 1. The third-order valence-electron chi connectivity index (χ3n) is 1.12. The molecule has 0 aliphatic rings. The number of pyridine rings is 1. The highest BCUT2D eigenvalue weighted by Crippen LogP contribution is 1.97. The second-order valence-electron chi connectivity index (χ2n) is 2.02. The van der Waals surface area contributed by atoms with E-state index in [0.29, 0.717) is 0 Å². The van der Waals surface area contributed by atoms with Crippen LogP contribution >= 0.6 is 0 Å². The Labute approximate surface area is 71.9 Å². The zero-order valence-electron chi connectivity index (χ0n) is 5.90. The van der Waals surface area contributed by atoms with E-state index in [4.69, 9.17) is 5.73 Å². The zero-order chi connectivity index (χ0) is 8.10. The molecule has 0 aromatic carbocycles. The normalized spacial score (nSPS) is 9.33. The van der Waals surface area contributed by atoms with Gasteiger partial charge in [0.15, 0.2) is 0 Å². The van der Waals surface area contributed by atoms with Crippen LogP contribution in [0.5, 0.6) is 0 Å². The van der Waals surface area contributed by atoms with Gasteiger partial charge in [0.1, 0.15) is 0 Å². The highest BCUT2D eigenvalue weighted by atomic mass is 16.1. The molecule has 2 N–H and O–H groups in total. The van der Waals surface area contributed by atoms with Crippen LogP contribution < -0.4 is 5.73 Å². The minimum absolute atomic E-state index is 0. The van der Waals surface area contributed by atoms with Gasteiger partial charge >= 0.3 is 0 Å². The number of nitrogens with two attached hydrogens (primary N) is 1. The average Bonchev–Trinajstić information content (AvgIpc) is 2.03. The first-order valence-corrected chi connectivity index (χ1v) is 3.16. The Morgan fingerprint density at radius 1 is 1.58 bits per heavy atom. The minimum Gasteiger partial charge on any atom is -0.366 e. The number of hydrogen-bond donors (Lipinski definition) is 1. The maximum atomic E-state index is 10.3. The summed E-state index contributed by atoms with van der Waals surface area (Å²) in [5.41, 5.74) is 5.76. The fourth-order valence-electron chi connectivity index (χ4n) is 0.653. The monoisotopic (exact) mass is 164 g/mol. The summed E-state index contributed by atoms with van der Waals surface area (Å²) in [6.07, 6.45) is 6.24. The van der Waals surface area contributed by atoms with E-state index in [-0.39, 0.29) is 7.43 Å². The number of nitrogens with zero attached hydrogens (tertiary/aromatic N) is 1. The van der Waals surface area contributed by atoms with Gasteiger partial charge in [-0.25, -0.2) is 0 Å². The van der Waals surface area contributed by atoms with Crippen molar-refractivity contribution in [3.63, 3.8) is 0 Å². The van der Waals surface area contributed by atoms with Crippen molar-refractivity contribution in [2.75, 3.05) is 0 Å². The predicted molar refractivity (Wildman–Crippen MR) is 49.2 cm³/mol. The largest absolute Gasteiger partial charge is 0.366 e. The molecule has 0 aliphatic carbocycles. The Morgan fingerprint density at radius 2 is 2.33 bits per heavy atom. The van der Waals surface area contributed by atoms with Gasteiger partial charge in [0.25, 0.3) is 0 Å². The van der Waals surface area contributed by atoms with Gasteiger partial charge in [-0.3, -0.25) is 9.78 Å². The molecule has 0 bridgehead atoms. The molecule has 0 aliphatic heterocycles. The van der Waals surface area contributed by atoms with Gasteiger partial charge in [0.05, 0.1) is 0 Å². The lowest BCUT2D eigenvalue weighted by molar-refractivity contribution is -0.113. The van der Waals surface area contributed by atoms with Crippen LogP contribution in [-0.2, 0) is 4.79 Å². The van der Waals surface area contributed by atoms with Crippen LogP contribution in [-0.4, -0.2) is 10.9 Å². The first-order chi connectivity index (χ1) is 5.29. The lowest BCUT2D eigenvalue weighted by Crippen LogP contribution is -2.05. The van der Waals surface area contributed by atoms with E-state index < -0.39 is 5.91 Å². The van der Waals surface area contributed by atoms with Crippen molar-refractivity contribution in [2.45, 2.75) is 7.43 Å². The summed E-state index contributed by atoms with van der Waals surface area (Å²) in [5, 5.41) is 0. The summed E-state index contributed by atoms with van der Waals surface area (Å²) in [6.45, 7) is 0. The number of aromatic nitrogens is 1. The van der Waals surface area contributed by atoms with E-state index in [2.05, 4.69) is 4.98 Å². The van der Waals surface area contributed by atoms with Crippen molar-refractivity contribution < 1.29 is 4.79 Å². The van der Waals surface area contributed by atoms with E-state index in [1.54, 1.807) is 24.5 Å². The van der Waals surface area contributed by atoms with E-state index >= 15 is 0 Å². The molecule has 0 saturated carbocycles. The standard InChI is InChI=1S/C8H8N2O.CH4/c9-8(11)4-3-7-2-1-5-10-6-7;/h1-6H,(H2,9,11);1H4/b4-3+;. The summed E-state index contributed by atoms with van der Waals surface area (Å²) in [6, 6.07) is 3.63. The zero-order valence-corrected chi connectivity index (χ0v) is 5.90. The molecule has 1 heterocycles. The van der Waals surface area contributed by atoms with Crippen LogP contribution in [0, 0.1) is 0 Å². The van der Waals surface area contributed by atoms with Crippen LogP contribution in [0.3, 0.4) is 0 Å². The fraction of sp³-hybridized carbons (Fsp3) is 0.111. The first kappa shape index (κ1) is 10.4. The van der Waals surface area contributed by atoms with Crippen molar-refractivity contribution in [2.24, 2.45) is 5.73 Å². The van der Waals surface area contributed by atoms with E-state index in [0.717, 1.165) is 5.56 Å². The summed E-state index contributed by atoms with van der Waals surface area (Å²) < 4.78 is 0. The Morgan fingerprint density at radius 3 is 2.83 bits per heavy atom. The number of hydrogen-bond acceptors (Lipinski definition) is 2. The number of primary amides is 1. The van der Waals surface area contributed by atoms with Crippen molar-refractivity contribution in [3.8, 4) is 0 Å². The summed E-state index contributed by atoms with van der Waals surface area (Å²) in [7, 11) is 0. The highest BCUT2D eigenvalue weighted by molar-refractivity contribution is 5.90. The molecule has 1 aromatic rings. The third kappa shape index (κ3) is 3.51. The number of amides is 1.